The van der Waals surface area contributed by atoms with Crippen molar-refractivity contribution in [3.8, 4) is 0 Å². The van der Waals surface area contributed by atoms with E-state index in [1.165, 1.54) is 16.9 Å². The van der Waals surface area contributed by atoms with Gasteiger partial charge >= 0.3 is 0 Å². The first-order chi connectivity index (χ1) is 22.0. The number of anilines is 3. The minimum atomic E-state index is -0.143. The number of benzene rings is 4. The molecule has 4 aromatic carbocycles. The van der Waals surface area contributed by atoms with E-state index in [9.17, 15) is 0 Å². The quantitative estimate of drug-likeness (QED) is 0.157. The minimum Gasteiger partial charge on any atom is -0.400 e. The Morgan fingerprint density at radius 3 is 1.73 bits per heavy atom. The lowest BCUT2D eigenvalue weighted by Gasteiger charge is -2.30. The van der Waals surface area contributed by atoms with Gasteiger partial charge in [0.25, 0.3) is 0 Å². The van der Waals surface area contributed by atoms with Crippen LogP contribution in [-0.2, 0) is 0 Å². The molecule has 5 N–H and O–H groups in total. The Kier molecular flexibility index (Phi) is 10.5. The van der Waals surface area contributed by atoms with Gasteiger partial charge in [-0.05, 0) is 80.8 Å². The Morgan fingerprint density at radius 1 is 0.689 bits per heavy atom. The van der Waals surface area contributed by atoms with E-state index in [1.807, 2.05) is 36.4 Å². The molecule has 3 atom stereocenters. The lowest BCUT2D eigenvalue weighted by Crippen LogP contribution is -2.36. The van der Waals surface area contributed by atoms with Gasteiger partial charge in [0.1, 0.15) is 0 Å². The molecule has 0 aromatic heterocycles. The van der Waals surface area contributed by atoms with Gasteiger partial charge < -0.3 is 21.3 Å². The molecule has 5 rings (SSSR count). The summed E-state index contributed by atoms with van der Waals surface area (Å²) in [4.78, 5) is 4.72. The van der Waals surface area contributed by atoms with Gasteiger partial charge in [0.2, 0.25) is 0 Å². The summed E-state index contributed by atoms with van der Waals surface area (Å²) >= 11 is 0. The Hall–Kier alpha value is -4.68. The Morgan fingerprint density at radius 2 is 1.20 bits per heavy atom. The van der Waals surface area contributed by atoms with E-state index in [1.54, 1.807) is 0 Å². The third-order valence-electron chi connectivity index (χ3n) is 8.96. The number of nitrogens with two attached hydrogens (primary N) is 2. The maximum absolute atomic E-state index is 7.13. The van der Waals surface area contributed by atoms with Crippen molar-refractivity contribution in [3.05, 3.63) is 138 Å². The second-order valence-electron chi connectivity index (χ2n) is 11.5. The number of nitrogens with one attached hydrogen (secondary N) is 1. The lowest BCUT2D eigenvalue weighted by molar-refractivity contribution is 0.534. The first-order valence-electron chi connectivity index (χ1n) is 16.3. The van der Waals surface area contributed by atoms with Crippen LogP contribution in [0.25, 0.3) is 11.8 Å². The molecule has 4 aromatic rings. The van der Waals surface area contributed by atoms with Gasteiger partial charge in [-0.3, -0.25) is 5.01 Å². The van der Waals surface area contributed by atoms with Crippen molar-refractivity contribution in [1.29, 1.82) is 0 Å². The standard InChI is InChI=1S/C39H48N6/c1-5-43(6-2)32-24-19-29(20-25-32)21-28-35-36(38(41)37(40)30-15-11-9-12-16-30)39(45(42-35)34-17-13-10-14-18-34)31-22-26-33(27-23-31)44(7-3)8-4/h9-28,35-36,39,42H,5-8,40-41H2,1-4H3. The molecular weight excluding hydrogens is 552 g/mol. The predicted molar refractivity (Wildman–Crippen MR) is 193 cm³/mol. The summed E-state index contributed by atoms with van der Waals surface area (Å²) in [6.45, 7) is 12.7. The van der Waals surface area contributed by atoms with Gasteiger partial charge in [-0.15, -0.1) is 0 Å². The molecule has 1 fully saturated rings. The smallest absolute Gasteiger partial charge is 0.0806 e. The van der Waals surface area contributed by atoms with E-state index in [0.29, 0.717) is 11.4 Å². The predicted octanol–water partition coefficient (Wildman–Crippen LogP) is 7.43. The third kappa shape index (κ3) is 7.02. The first kappa shape index (κ1) is 31.7. The van der Waals surface area contributed by atoms with Crippen molar-refractivity contribution >= 4 is 28.8 Å². The Labute approximate surface area is 269 Å². The topological polar surface area (TPSA) is 73.8 Å². The highest BCUT2D eigenvalue weighted by atomic mass is 15.6. The van der Waals surface area contributed by atoms with E-state index in [-0.39, 0.29) is 18.0 Å². The van der Waals surface area contributed by atoms with Gasteiger partial charge in [0.15, 0.2) is 0 Å². The summed E-state index contributed by atoms with van der Waals surface area (Å²) in [6.07, 6.45) is 4.43. The van der Waals surface area contributed by atoms with E-state index in [2.05, 4.69) is 133 Å². The fourth-order valence-corrected chi connectivity index (χ4v) is 6.42. The Bertz CT molecular complexity index is 1540. The SMILES string of the molecule is CCN(CC)c1ccc(C=CC2NN(c3ccccc3)C(c3ccc(N(CC)CC)cc3)C2C(N)=C(N)c2ccccc2)cc1. The molecule has 234 valence electrons. The van der Waals surface area contributed by atoms with Crippen molar-refractivity contribution in [3.63, 3.8) is 0 Å². The summed E-state index contributed by atoms with van der Waals surface area (Å²) in [7, 11) is 0. The molecule has 1 aliphatic rings. The minimum absolute atomic E-state index is 0.0971. The average molecular weight is 601 g/mol. The summed E-state index contributed by atoms with van der Waals surface area (Å²) in [5.41, 5.74) is 25.9. The highest BCUT2D eigenvalue weighted by molar-refractivity contribution is 5.67. The molecular formula is C39H48N6. The van der Waals surface area contributed by atoms with E-state index in [0.717, 1.165) is 43.0 Å². The number of hydrazine groups is 1. The highest BCUT2D eigenvalue weighted by Crippen LogP contribution is 2.43. The zero-order valence-corrected chi connectivity index (χ0v) is 27.1. The normalized spacial score (nSPS) is 18.7. The van der Waals surface area contributed by atoms with Crippen LogP contribution in [-0.4, -0.2) is 32.2 Å². The van der Waals surface area contributed by atoms with Crippen molar-refractivity contribution in [2.45, 2.75) is 39.8 Å². The fraction of sp³-hybridized carbons (Fsp3) is 0.282. The van der Waals surface area contributed by atoms with Crippen molar-refractivity contribution in [2.24, 2.45) is 17.4 Å². The van der Waals surface area contributed by atoms with Crippen LogP contribution in [0.4, 0.5) is 17.1 Å². The molecule has 3 unspecified atom stereocenters. The zero-order chi connectivity index (χ0) is 31.8. The van der Waals surface area contributed by atoms with Crippen molar-refractivity contribution < 1.29 is 0 Å². The average Bonchev–Trinajstić information content (AvgIpc) is 3.49. The summed E-state index contributed by atoms with van der Waals surface area (Å²) in [5, 5.41) is 2.26. The van der Waals surface area contributed by atoms with Crippen LogP contribution >= 0.6 is 0 Å². The van der Waals surface area contributed by atoms with Gasteiger partial charge in [-0.25, -0.2) is 5.43 Å². The van der Waals surface area contributed by atoms with Crippen LogP contribution in [0.15, 0.2) is 121 Å². The van der Waals surface area contributed by atoms with Gasteiger partial charge in [0.05, 0.1) is 23.5 Å². The Balaban J connectivity index is 1.59. The maximum Gasteiger partial charge on any atom is 0.0806 e. The number of hydrogen-bond donors (Lipinski definition) is 3. The summed E-state index contributed by atoms with van der Waals surface area (Å²) < 4.78 is 0. The van der Waals surface area contributed by atoms with Crippen LogP contribution < -0.4 is 31.7 Å². The van der Waals surface area contributed by atoms with E-state index < -0.39 is 0 Å². The van der Waals surface area contributed by atoms with Crippen LogP contribution in [0.5, 0.6) is 0 Å². The maximum atomic E-state index is 7.13. The van der Waals surface area contributed by atoms with Crippen molar-refractivity contribution in [2.75, 3.05) is 41.0 Å². The number of nitrogens with zero attached hydrogens (tertiary/aromatic N) is 3. The molecule has 1 saturated heterocycles. The molecule has 0 saturated carbocycles. The van der Waals surface area contributed by atoms with Crippen LogP contribution in [0.3, 0.4) is 0 Å². The van der Waals surface area contributed by atoms with Gasteiger partial charge in [-0.2, -0.15) is 0 Å². The molecule has 6 heteroatoms. The monoisotopic (exact) mass is 600 g/mol. The van der Waals surface area contributed by atoms with Gasteiger partial charge in [-0.1, -0.05) is 84.9 Å². The largest absolute Gasteiger partial charge is 0.400 e. The highest BCUT2D eigenvalue weighted by Gasteiger charge is 2.44. The molecule has 0 aliphatic carbocycles. The molecule has 45 heavy (non-hydrogen) atoms. The third-order valence-corrected chi connectivity index (χ3v) is 8.96. The van der Waals surface area contributed by atoms with E-state index in [4.69, 9.17) is 11.5 Å². The molecule has 0 radical (unpaired) electrons. The number of para-hydroxylation sites is 1. The molecule has 6 nitrogen and oxygen atoms in total. The first-order valence-corrected chi connectivity index (χ1v) is 16.3. The molecule has 1 aliphatic heterocycles. The summed E-state index contributed by atoms with van der Waals surface area (Å²) in [5.74, 6) is -0.143. The fourth-order valence-electron chi connectivity index (χ4n) is 6.42. The van der Waals surface area contributed by atoms with E-state index >= 15 is 0 Å². The van der Waals surface area contributed by atoms with Crippen LogP contribution in [0.2, 0.25) is 0 Å². The number of rotatable bonds is 12. The van der Waals surface area contributed by atoms with Crippen LogP contribution in [0.1, 0.15) is 50.4 Å². The zero-order valence-electron chi connectivity index (χ0n) is 27.1. The second-order valence-corrected chi connectivity index (χ2v) is 11.5. The molecule has 1 heterocycles. The van der Waals surface area contributed by atoms with Crippen LogP contribution in [0, 0.1) is 5.92 Å². The lowest BCUT2D eigenvalue weighted by atomic mass is 9.84. The second kappa shape index (κ2) is 14.9. The molecule has 0 amide bonds. The summed E-state index contributed by atoms with van der Waals surface area (Å²) in [6, 6.07) is 38.0. The van der Waals surface area contributed by atoms with Crippen molar-refractivity contribution in [1.82, 2.24) is 5.43 Å². The van der Waals surface area contributed by atoms with Gasteiger partial charge in [0, 0.05) is 49.2 Å². The molecule has 0 bridgehead atoms. The number of hydrogen-bond acceptors (Lipinski definition) is 6. The molecule has 0 spiro atoms.